The largest absolute Gasteiger partial charge is 0.513 e. The Hall–Kier alpha value is -3.83. The zero-order valence-electron chi connectivity index (χ0n) is 15.8. The number of carbonyl (C=O) groups is 5. The van der Waals surface area contributed by atoms with E-state index in [1.54, 1.807) is 6.92 Å². The summed E-state index contributed by atoms with van der Waals surface area (Å²) in [6, 6.07) is 3.99. The second-order valence-corrected chi connectivity index (χ2v) is 5.28. The zero-order chi connectivity index (χ0) is 21.8. The number of carboxylic acids is 1. The van der Waals surface area contributed by atoms with Crippen molar-refractivity contribution < 1.29 is 43.3 Å². The van der Waals surface area contributed by atoms with E-state index in [0.29, 0.717) is 0 Å². The third-order valence-corrected chi connectivity index (χ3v) is 3.17. The number of hydrogen-bond donors (Lipinski definition) is 4. The van der Waals surface area contributed by atoms with Crippen molar-refractivity contribution in [3.63, 3.8) is 0 Å². The first-order valence-corrected chi connectivity index (χ1v) is 8.32. The van der Waals surface area contributed by atoms with E-state index in [9.17, 15) is 24.0 Å². The molecule has 0 bridgehead atoms. The van der Waals surface area contributed by atoms with E-state index >= 15 is 0 Å². The lowest BCUT2D eigenvalue weighted by Crippen LogP contribution is -2.42. The minimum atomic E-state index is -1.22. The molecule has 0 aromatic heterocycles. The molecule has 1 aromatic carbocycles. The molecule has 0 aliphatic carbocycles. The zero-order valence-corrected chi connectivity index (χ0v) is 15.8. The van der Waals surface area contributed by atoms with Gasteiger partial charge in [-0.3, -0.25) is 19.2 Å². The van der Waals surface area contributed by atoms with Crippen molar-refractivity contribution in [1.82, 2.24) is 16.0 Å². The van der Waals surface area contributed by atoms with Gasteiger partial charge in [-0.15, -0.1) is 0 Å². The van der Waals surface area contributed by atoms with Crippen LogP contribution in [0, 0.1) is 0 Å². The summed E-state index contributed by atoms with van der Waals surface area (Å²) < 4.78 is 14.7. The van der Waals surface area contributed by atoms with Crippen LogP contribution in [0.4, 0.5) is 4.79 Å². The van der Waals surface area contributed by atoms with Crippen LogP contribution in [-0.2, 0) is 19.1 Å². The van der Waals surface area contributed by atoms with Gasteiger partial charge in [0.2, 0.25) is 11.8 Å². The van der Waals surface area contributed by atoms with Crippen LogP contribution >= 0.6 is 0 Å². The van der Waals surface area contributed by atoms with Crippen LogP contribution in [0.5, 0.6) is 11.5 Å². The molecule has 29 heavy (non-hydrogen) atoms. The average molecular weight is 411 g/mol. The molecule has 0 saturated carbocycles. The van der Waals surface area contributed by atoms with E-state index in [-0.39, 0.29) is 23.7 Å². The molecule has 0 heterocycles. The molecule has 1 rings (SSSR count). The maximum Gasteiger partial charge on any atom is 0.513 e. The molecule has 158 valence electrons. The van der Waals surface area contributed by atoms with E-state index in [0.717, 1.165) is 0 Å². The molecule has 0 unspecified atom stereocenters. The number of carboxylic acid groups (broad SMARTS) is 1. The highest BCUT2D eigenvalue weighted by Crippen LogP contribution is 2.28. The molecular formula is C17H21N3O9. The van der Waals surface area contributed by atoms with Gasteiger partial charge in [0, 0.05) is 5.56 Å². The molecule has 4 N–H and O–H groups in total. The first-order valence-electron chi connectivity index (χ1n) is 8.32. The van der Waals surface area contributed by atoms with Crippen molar-refractivity contribution in [3.8, 4) is 11.5 Å². The molecule has 1 aromatic rings. The van der Waals surface area contributed by atoms with Gasteiger partial charge in [0.25, 0.3) is 5.91 Å². The summed E-state index contributed by atoms with van der Waals surface area (Å²) in [6.45, 7) is 0.322. The van der Waals surface area contributed by atoms with E-state index in [1.165, 1.54) is 25.3 Å². The van der Waals surface area contributed by atoms with E-state index in [1.807, 2.05) is 0 Å². The Morgan fingerprint density at radius 2 is 1.55 bits per heavy atom. The van der Waals surface area contributed by atoms with Crippen molar-refractivity contribution in [2.24, 2.45) is 0 Å². The predicted molar refractivity (Wildman–Crippen MR) is 96.6 cm³/mol. The number of carbonyl (C=O) groups excluding carboxylic acids is 4. The van der Waals surface area contributed by atoms with Gasteiger partial charge < -0.3 is 35.3 Å². The van der Waals surface area contributed by atoms with Crippen LogP contribution in [-0.4, -0.2) is 68.3 Å². The SMILES string of the molecule is CCOC(=O)Oc1ccc(C(=O)NCC(=O)NCC(=O)NCC(=O)O)cc1OC. The number of hydrogen-bond acceptors (Lipinski definition) is 8. The number of benzene rings is 1. The minimum absolute atomic E-state index is 0.0487. The highest BCUT2D eigenvalue weighted by Gasteiger charge is 2.15. The van der Waals surface area contributed by atoms with Crippen molar-refractivity contribution in [2.75, 3.05) is 33.4 Å². The Kier molecular flexibility index (Phi) is 9.44. The van der Waals surface area contributed by atoms with Crippen LogP contribution in [0.3, 0.4) is 0 Å². The average Bonchev–Trinajstić information content (AvgIpc) is 2.69. The van der Waals surface area contributed by atoms with Gasteiger partial charge in [-0.25, -0.2) is 4.79 Å². The summed E-state index contributed by atoms with van der Waals surface area (Å²) in [6.07, 6.45) is -0.924. The standard InChI is InChI=1S/C17H21N3O9/c1-3-28-17(26)29-11-5-4-10(6-12(11)27-2)16(25)20-8-14(22)18-7-13(21)19-9-15(23)24/h4-6H,3,7-9H2,1-2H3,(H,18,22)(H,19,21)(H,20,25)(H,23,24). The number of ether oxygens (including phenoxy) is 3. The first kappa shape index (κ1) is 23.2. The fourth-order valence-electron chi connectivity index (χ4n) is 1.87. The summed E-state index contributed by atoms with van der Waals surface area (Å²) in [4.78, 5) is 56.8. The third kappa shape index (κ3) is 8.60. The Balaban J connectivity index is 2.55. The second-order valence-electron chi connectivity index (χ2n) is 5.28. The Labute approximate surface area is 165 Å². The quantitative estimate of drug-likeness (QED) is 0.286. The fourth-order valence-corrected chi connectivity index (χ4v) is 1.87. The van der Waals surface area contributed by atoms with Gasteiger partial charge in [0.15, 0.2) is 11.5 Å². The second kappa shape index (κ2) is 11.8. The van der Waals surface area contributed by atoms with Gasteiger partial charge in [-0.2, -0.15) is 0 Å². The van der Waals surface area contributed by atoms with E-state index < -0.39 is 49.5 Å². The maximum absolute atomic E-state index is 12.1. The predicted octanol–water partition coefficient (Wildman–Crippen LogP) is -0.723. The third-order valence-electron chi connectivity index (χ3n) is 3.17. The topological polar surface area (TPSA) is 169 Å². The molecule has 12 heteroatoms. The molecule has 0 saturated heterocycles. The van der Waals surface area contributed by atoms with Crippen molar-refractivity contribution in [2.45, 2.75) is 6.92 Å². The molecule has 0 spiro atoms. The molecular weight excluding hydrogens is 390 g/mol. The molecule has 3 amide bonds. The highest BCUT2D eigenvalue weighted by atomic mass is 16.7. The summed E-state index contributed by atoms with van der Waals surface area (Å²) in [5.41, 5.74) is 0.130. The minimum Gasteiger partial charge on any atom is -0.493 e. The Morgan fingerprint density at radius 3 is 2.14 bits per heavy atom. The highest BCUT2D eigenvalue weighted by molar-refractivity contribution is 5.97. The number of methoxy groups -OCH3 is 1. The number of aliphatic carboxylic acids is 1. The maximum atomic E-state index is 12.1. The van der Waals surface area contributed by atoms with Gasteiger partial charge in [-0.1, -0.05) is 0 Å². The van der Waals surface area contributed by atoms with Crippen LogP contribution < -0.4 is 25.4 Å². The lowest BCUT2D eigenvalue weighted by Gasteiger charge is -2.11. The van der Waals surface area contributed by atoms with Crippen LogP contribution in [0.2, 0.25) is 0 Å². The van der Waals surface area contributed by atoms with Crippen molar-refractivity contribution >= 4 is 29.8 Å². The van der Waals surface area contributed by atoms with Crippen molar-refractivity contribution in [1.29, 1.82) is 0 Å². The normalized spacial score (nSPS) is 9.72. The van der Waals surface area contributed by atoms with Gasteiger partial charge >= 0.3 is 12.1 Å². The summed E-state index contributed by atoms with van der Waals surface area (Å²) in [7, 11) is 1.32. The van der Waals surface area contributed by atoms with Crippen LogP contribution in [0.25, 0.3) is 0 Å². The first-order chi connectivity index (χ1) is 13.8. The van der Waals surface area contributed by atoms with Crippen LogP contribution in [0.1, 0.15) is 17.3 Å². The lowest BCUT2D eigenvalue weighted by molar-refractivity contribution is -0.137. The monoisotopic (exact) mass is 411 g/mol. The number of rotatable bonds is 10. The summed E-state index contributed by atoms with van der Waals surface area (Å²) in [5.74, 6) is -3.02. The fraction of sp³-hybridized carbons (Fsp3) is 0.353. The van der Waals surface area contributed by atoms with E-state index in [4.69, 9.17) is 14.6 Å². The van der Waals surface area contributed by atoms with Gasteiger partial charge in [-0.05, 0) is 25.1 Å². The van der Waals surface area contributed by atoms with Crippen molar-refractivity contribution in [3.05, 3.63) is 23.8 Å². The van der Waals surface area contributed by atoms with Gasteiger partial charge in [0.1, 0.15) is 6.54 Å². The molecule has 12 nitrogen and oxygen atoms in total. The Morgan fingerprint density at radius 1 is 0.931 bits per heavy atom. The molecule has 0 atom stereocenters. The molecule has 0 fully saturated rings. The van der Waals surface area contributed by atoms with Crippen LogP contribution in [0.15, 0.2) is 18.2 Å². The molecule has 0 aliphatic heterocycles. The smallest absolute Gasteiger partial charge is 0.493 e. The number of amides is 3. The summed E-state index contributed by atoms with van der Waals surface area (Å²) >= 11 is 0. The van der Waals surface area contributed by atoms with Gasteiger partial charge in [0.05, 0.1) is 26.8 Å². The Bertz CT molecular complexity index is 779. The molecule has 0 aliphatic rings. The lowest BCUT2D eigenvalue weighted by atomic mass is 10.2. The molecule has 0 radical (unpaired) electrons. The number of nitrogens with one attached hydrogen (secondary N) is 3. The van der Waals surface area contributed by atoms with E-state index in [2.05, 4.69) is 20.7 Å². The summed E-state index contributed by atoms with van der Waals surface area (Å²) in [5, 5.41) is 15.1.